The predicted octanol–water partition coefficient (Wildman–Crippen LogP) is 6.18. The lowest BCUT2D eigenvalue weighted by molar-refractivity contribution is -0.145. The Hall–Kier alpha value is 0.620. The Morgan fingerprint density at radius 2 is 1.45 bits per heavy atom. The molecule has 0 aromatic heterocycles. The van der Waals surface area contributed by atoms with Gasteiger partial charge in [-0.1, -0.05) is 65.7 Å². The van der Waals surface area contributed by atoms with Crippen molar-refractivity contribution in [3.05, 3.63) is 10.1 Å². The molecule has 1 aliphatic heterocycles. The van der Waals surface area contributed by atoms with Crippen molar-refractivity contribution in [1.29, 1.82) is 0 Å². The average molecular weight is 520 g/mol. The molecule has 3 saturated carbocycles. The van der Waals surface area contributed by atoms with E-state index in [2.05, 4.69) is 0 Å². The van der Waals surface area contributed by atoms with E-state index in [0.29, 0.717) is 12.8 Å². The minimum absolute atomic E-state index is 0.0110. The Morgan fingerprint density at radius 3 is 2.03 bits per heavy atom. The maximum atomic E-state index is 13.5. The van der Waals surface area contributed by atoms with Crippen molar-refractivity contribution in [3.8, 4) is 0 Å². The molecule has 0 N–H and O–H groups in total. The molecular formula is C20H21Cl6NO2. The quantitative estimate of drug-likeness (QED) is 0.306. The first-order chi connectivity index (χ1) is 13.4. The van der Waals surface area contributed by atoms with Gasteiger partial charge in [0.05, 0.1) is 21.4 Å². The van der Waals surface area contributed by atoms with E-state index in [1.165, 1.54) is 0 Å². The summed E-state index contributed by atoms with van der Waals surface area (Å²) in [7, 11) is 0. The molecule has 4 fully saturated rings. The maximum absolute atomic E-state index is 13.5. The summed E-state index contributed by atoms with van der Waals surface area (Å²) in [5.41, 5.74) is -0.858. The Balaban J connectivity index is 1.57. The first-order valence-electron chi connectivity index (χ1n) is 10.1. The SMILES string of the molecule is C[C@@]12C[C@@H]3[C@H](C[C@@H]1C(=O)N(C1CCCCC1)C2=O)[C@@]1(Cl)C(Cl)=C(Cl)[C@]3(Cl)C1(Cl)Cl. The molecule has 0 unspecified atom stereocenters. The number of likely N-dealkylation sites (tertiary alicyclic amines) is 1. The number of rotatable bonds is 1. The van der Waals surface area contributed by atoms with Crippen LogP contribution in [0.1, 0.15) is 51.9 Å². The van der Waals surface area contributed by atoms with Crippen LogP contribution < -0.4 is 0 Å². The minimum atomic E-state index is -1.63. The summed E-state index contributed by atoms with van der Waals surface area (Å²) < 4.78 is -1.63. The van der Waals surface area contributed by atoms with Crippen molar-refractivity contribution >= 4 is 81.4 Å². The molecule has 5 aliphatic rings. The van der Waals surface area contributed by atoms with Gasteiger partial charge in [0.15, 0.2) is 4.33 Å². The van der Waals surface area contributed by atoms with E-state index in [9.17, 15) is 9.59 Å². The van der Waals surface area contributed by atoms with Gasteiger partial charge >= 0.3 is 0 Å². The molecule has 1 heterocycles. The Kier molecular flexibility index (Phi) is 4.70. The van der Waals surface area contributed by atoms with Crippen LogP contribution in [0, 0.1) is 23.2 Å². The fourth-order valence-electron chi connectivity index (χ4n) is 6.77. The number of imide groups is 1. The highest BCUT2D eigenvalue weighted by molar-refractivity contribution is 6.65. The number of carbonyl (C=O) groups is 2. The largest absolute Gasteiger partial charge is 0.279 e. The molecule has 0 aromatic rings. The van der Waals surface area contributed by atoms with E-state index in [4.69, 9.17) is 69.6 Å². The third kappa shape index (κ3) is 2.22. The molecule has 0 spiro atoms. The predicted molar refractivity (Wildman–Crippen MR) is 117 cm³/mol. The first kappa shape index (κ1) is 21.5. The van der Waals surface area contributed by atoms with Gasteiger partial charge in [-0.2, -0.15) is 0 Å². The molecule has 5 rings (SSSR count). The molecule has 1 saturated heterocycles. The highest BCUT2D eigenvalue weighted by Crippen LogP contribution is 2.80. The number of alkyl halides is 4. The van der Waals surface area contributed by atoms with Gasteiger partial charge in [-0.3, -0.25) is 14.5 Å². The summed E-state index contributed by atoms with van der Waals surface area (Å²) in [6.07, 6.45) is 5.71. The van der Waals surface area contributed by atoms with Gasteiger partial charge in [-0.15, -0.1) is 23.2 Å². The van der Waals surface area contributed by atoms with Gasteiger partial charge in [0.1, 0.15) is 9.75 Å². The lowest BCUT2D eigenvalue weighted by Gasteiger charge is -2.46. The Bertz CT molecular complexity index is 854. The lowest BCUT2D eigenvalue weighted by Crippen LogP contribution is -2.49. The van der Waals surface area contributed by atoms with E-state index >= 15 is 0 Å². The third-order valence-electron chi connectivity index (χ3n) is 8.34. The molecule has 3 nitrogen and oxygen atoms in total. The average Bonchev–Trinajstić information content (AvgIpc) is 3.01. The second-order valence-electron chi connectivity index (χ2n) is 9.55. The first-order valence-corrected chi connectivity index (χ1v) is 12.4. The molecule has 4 aliphatic carbocycles. The standard InChI is InChI=1S/C20H21Cl6NO2/c1-17-8-12-10(18(23)13(21)14(22)19(12,24)20(18,25)26)7-11(17)15(28)27(16(17)29)9-5-3-2-4-6-9/h9-12H,2-8H2,1H3/t10-,11+,12+,17+,18+,19-/m0/s1. The molecule has 2 amide bonds. The van der Waals surface area contributed by atoms with Gasteiger partial charge < -0.3 is 0 Å². The Labute approximate surface area is 200 Å². The van der Waals surface area contributed by atoms with E-state index < -0.39 is 25.4 Å². The molecule has 9 heteroatoms. The smallest absolute Gasteiger partial charge is 0.236 e. The van der Waals surface area contributed by atoms with Crippen LogP contribution in [0.2, 0.25) is 0 Å². The summed E-state index contributed by atoms with van der Waals surface area (Å²) in [6, 6.07) is -0.0110. The van der Waals surface area contributed by atoms with Crippen LogP contribution in [0.3, 0.4) is 0 Å². The van der Waals surface area contributed by atoms with Crippen molar-refractivity contribution in [3.63, 3.8) is 0 Å². The molecule has 29 heavy (non-hydrogen) atoms. The maximum Gasteiger partial charge on any atom is 0.236 e. The molecule has 0 radical (unpaired) electrons. The number of carbonyl (C=O) groups excluding carboxylic acids is 2. The van der Waals surface area contributed by atoms with Crippen molar-refractivity contribution in [2.45, 2.75) is 72.0 Å². The second kappa shape index (κ2) is 6.35. The summed E-state index contributed by atoms with van der Waals surface area (Å²) in [5, 5.41) is 0.316. The summed E-state index contributed by atoms with van der Waals surface area (Å²) in [5.74, 6) is -1.37. The Morgan fingerprint density at radius 1 is 0.897 bits per heavy atom. The highest BCUT2D eigenvalue weighted by Gasteiger charge is 2.84. The lowest BCUT2D eigenvalue weighted by atomic mass is 9.58. The van der Waals surface area contributed by atoms with Crippen LogP contribution in [0.4, 0.5) is 0 Å². The third-order valence-corrected chi connectivity index (χ3v) is 12.7. The van der Waals surface area contributed by atoms with Crippen LogP contribution in [-0.2, 0) is 9.59 Å². The van der Waals surface area contributed by atoms with Gasteiger partial charge in [0.25, 0.3) is 0 Å². The number of nitrogens with zero attached hydrogens (tertiary/aromatic N) is 1. The number of fused-ring (bicyclic) bond motifs is 6. The van der Waals surface area contributed by atoms with E-state index in [1.54, 1.807) is 4.90 Å². The molecule has 2 bridgehead atoms. The monoisotopic (exact) mass is 517 g/mol. The van der Waals surface area contributed by atoms with Gasteiger partial charge in [0, 0.05) is 6.04 Å². The fraction of sp³-hybridized carbons (Fsp3) is 0.800. The van der Waals surface area contributed by atoms with Gasteiger partial charge in [0.2, 0.25) is 11.8 Å². The fourth-order valence-corrected chi connectivity index (χ4v) is 9.86. The number of amides is 2. The minimum Gasteiger partial charge on any atom is -0.279 e. The molecule has 0 aromatic carbocycles. The van der Waals surface area contributed by atoms with E-state index in [1.807, 2.05) is 6.92 Å². The number of hydrogen-bond donors (Lipinski definition) is 0. The van der Waals surface area contributed by atoms with Crippen molar-refractivity contribution < 1.29 is 9.59 Å². The van der Waals surface area contributed by atoms with Gasteiger partial charge in [-0.25, -0.2) is 0 Å². The van der Waals surface area contributed by atoms with Crippen LogP contribution in [-0.4, -0.2) is 36.8 Å². The normalized spacial score (nSPS) is 49.1. The number of halogens is 6. The van der Waals surface area contributed by atoms with Crippen LogP contribution in [0.15, 0.2) is 10.1 Å². The van der Waals surface area contributed by atoms with Crippen LogP contribution >= 0.6 is 69.6 Å². The van der Waals surface area contributed by atoms with E-state index in [0.717, 1.165) is 32.1 Å². The van der Waals surface area contributed by atoms with Gasteiger partial charge in [-0.05, 0) is 44.4 Å². The van der Waals surface area contributed by atoms with Crippen molar-refractivity contribution in [1.82, 2.24) is 4.90 Å². The van der Waals surface area contributed by atoms with Crippen molar-refractivity contribution in [2.75, 3.05) is 0 Å². The number of allylic oxidation sites excluding steroid dienone is 2. The summed E-state index contributed by atoms with van der Waals surface area (Å²) >= 11 is 40.4. The topological polar surface area (TPSA) is 37.4 Å². The molecular weight excluding hydrogens is 499 g/mol. The van der Waals surface area contributed by atoms with E-state index in [-0.39, 0.29) is 39.8 Å². The summed E-state index contributed by atoms with van der Waals surface area (Å²) in [6.45, 7) is 1.87. The zero-order valence-electron chi connectivity index (χ0n) is 15.8. The highest BCUT2D eigenvalue weighted by atomic mass is 35.5. The van der Waals surface area contributed by atoms with Crippen molar-refractivity contribution in [2.24, 2.45) is 23.2 Å². The molecule has 6 atom stereocenters. The zero-order chi connectivity index (χ0) is 21.1. The number of hydrogen-bond acceptors (Lipinski definition) is 2. The van der Waals surface area contributed by atoms with Crippen LogP contribution in [0.25, 0.3) is 0 Å². The summed E-state index contributed by atoms with van der Waals surface area (Å²) in [4.78, 5) is 25.8. The molecule has 160 valence electrons. The second-order valence-corrected chi connectivity index (χ2v) is 12.8. The zero-order valence-corrected chi connectivity index (χ0v) is 20.3. The van der Waals surface area contributed by atoms with Crippen LogP contribution in [0.5, 0.6) is 0 Å².